The molecule has 0 saturated carbocycles. The topological polar surface area (TPSA) is 72.3 Å². The first-order valence-corrected chi connectivity index (χ1v) is 6.78. The Bertz CT molecular complexity index is 340. The van der Waals surface area contributed by atoms with Gasteiger partial charge in [0.2, 0.25) is 0 Å². The van der Waals surface area contributed by atoms with Gasteiger partial charge in [0, 0.05) is 6.04 Å². The predicted octanol–water partition coefficient (Wildman–Crippen LogP) is 3.47. The Morgan fingerprint density at radius 1 is 1.18 bits per heavy atom. The first-order valence-electron chi connectivity index (χ1n) is 5.19. The van der Waals surface area contributed by atoms with Gasteiger partial charge in [-0.25, -0.2) is 0 Å². The summed E-state index contributed by atoms with van der Waals surface area (Å²) < 4.78 is 1.32. The Balaban J connectivity index is 0.00000256. The van der Waals surface area contributed by atoms with Gasteiger partial charge in [-0.2, -0.15) is 0 Å². The van der Waals surface area contributed by atoms with Gasteiger partial charge >= 0.3 is 0 Å². The molecule has 1 aromatic carbocycles. The predicted molar refractivity (Wildman–Crippen MR) is 80.6 cm³/mol. The van der Waals surface area contributed by atoms with Crippen molar-refractivity contribution in [2.75, 3.05) is 6.54 Å². The van der Waals surface area contributed by atoms with Gasteiger partial charge in [-0.15, -0.1) is 12.4 Å². The third kappa shape index (κ3) is 5.14. The summed E-state index contributed by atoms with van der Waals surface area (Å²) in [6, 6.07) is 3.69. The lowest BCUT2D eigenvalue weighted by molar-refractivity contribution is 0.467. The van der Waals surface area contributed by atoms with Crippen LogP contribution in [0.15, 0.2) is 21.1 Å². The van der Waals surface area contributed by atoms with Gasteiger partial charge in [-0.3, -0.25) is 0 Å². The van der Waals surface area contributed by atoms with Crippen LogP contribution < -0.4 is 11.5 Å². The van der Waals surface area contributed by atoms with Crippen molar-refractivity contribution in [2.24, 2.45) is 11.5 Å². The number of aromatic hydroxyl groups is 1. The third-order valence-corrected chi connectivity index (χ3v) is 3.65. The molecule has 0 amide bonds. The van der Waals surface area contributed by atoms with E-state index in [2.05, 4.69) is 31.9 Å². The van der Waals surface area contributed by atoms with Gasteiger partial charge in [0.1, 0.15) is 5.75 Å². The minimum absolute atomic E-state index is 0. The van der Waals surface area contributed by atoms with E-state index in [1.165, 1.54) is 0 Å². The zero-order chi connectivity index (χ0) is 12.1. The molecule has 1 rings (SSSR count). The number of benzene rings is 1. The average Bonchev–Trinajstić information content (AvgIpc) is 2.25. The van der Waals surface area contributed by atoms with Crippen LogP contribution >= 0.6 is 44.3 Å². The molecule has 0 aliphatic heterocycles. The molecule has 0 aliphatic carbocycles. The normalized spacial score (nSPS) is 12.0. The molecule has 0 unspecified atom stereocenters. The number of hydrogen-bond donors (Lipinski definition) is 3. The van der Waals surface area contributed by atoms with Crippen molar-refractivity contribution in [2.45, 2.75) is 25.3 Å². The molecule has 17 heavy (non-hydrogen) atoms. The molecular weight excluding hydrogens is 371 g/mol. The fourth-order valence-electron chi connectivity index (χ4n) is 1.47. The van der Waals surface area contributed by atoms with Crippen LogP contribution in [0.3, 0.4) is 0 Å². The maximum absolute atomic E-state index is 9.58. The minimum Gasteiger partial charge on any atom is -0.506 e. The molecule has 0 heterocycles. The van der Waals surface area contributed by atoms with E-state index in [0.29, 0.717) is 15.5 Å². The molecule has 1 aromatic rings. The van der Waals surface area contributed by atoms with E-state index in [1.807, 2.05) is 12.1 Å². The van der Waals surface area contributed by atoms with E-state index in [1.54, 1.807) is 0 Å². The highest BCUT2D eigenvalue weighted by Gasteiger charge is 2.11. The van der Waals surface area contributed by atoms with Crippen LogP contribution in [0.5, 0.6) is 5.75 Å². The summed E-state index contributed by atoms with van der Waals surface area (Å²) in [4.78, 5) is 0. The molecule has 98 valence electrons. The van der Waals surface area contributed by atoms with Crippen LogP contribution in [-0.2, 0) is 0 Å². The largest absolute Gasteiger partial charge is 0.506 e. The molecule has 0 aliphatic rings. The number of nitrogens with two attached hydrogens (primary N) is 2. The Morgan fingerprint density at radius 3 is 2.18 bits per heavy atom. The summed E-state index contributed by atoms with van der Waals surface area (Å²) in [5.41, 5.74) is 12.5. The number of unbranched alkanes of at least 4 members (excludes halogenated alkanes) is 1. The van der Waals surface area contributed by atoms with E-state index in [0.717, 1.165) is 24.8 Å². The minimum atomic E-state index is -0.0141. The standard InChI is InChI=1S/C11H16Br2N2O.ClH/c12-8-5-7(6-9(13)11(8)16)10(15)3-1-2-4-14;/h5-6,10,16H,1-4,14-15H2;1H/t10-;/m1./s1. The monoisotopic (exact) mass is 386 g/mol. The quantitative estimate of drug-likeness (QED) is 0.677. The van der Waals surface area contributed by atoms with Gasteiger partial charge in [-0.05, 0) is 68.9 Å². The number of hydrogen-bond acceptors (Lipinski definition) is 3. The number of halogens is 3. The fourth-order valence-corrected chi connectivity index (χ4v) is 2.70. The lowest BCUT2D eigenvalue weighted by Crippen LogP contribution is -2.11. The van der Waals surface area contributed by atoms with Crippen molar-refractivity contribution in [3.05, 3.63) is 26.6 Å². The lowest BCUT2D eigenvalue weighted by Gasteiger charge is -2.13. The molecule has 5 N–H and O–H groups in total. The maximum atomic E-state index is 9.58. The highest BCUT2D eigenvalue weighted by atomic mass is 79.9. The molecule has 0 aromatic heterocycles. The van der Waals surface area contributed by atoms with Gasteiger partial charge in [0.05, 0.1) is 8.95 Å². The Hall–Kier alpha value is 0.190. The SMILES string of the molecule is Cl.NCCCC[C@@H](N)c1cc(Br)c(O)c(Br)c1. The molecule has 3 nitrogen and oxygen atoms in total. The van der Waals surface area contributed by atoms with Gasteiger partial charge in [0.25, 0.3) is 0 Å². The maximum Gasteiger partial charge on any atom is 0.143 e. The summed E-state index contributed by atoms with van der Waals surface area (Å²) in [6.45, 7) is 0.704. The molecule has 0 saturated heterocycles. The third-order valence-electron chi connectivity index (χ3n) is 2.44. The van der Waals surface area contributed by atoms with E-state index >= 15 is 0 Å². The van der Waals surface area contributed by atoms with Crippen LogP contribution in [0.1, 0.15) is 30.9 Å². The van der Waals surface area contributed by atoms with Crippen molar-refractivity contribution in [1.82, 2.24) is 0 Å². The van der Waals surface area contributed by atoms with E-state index in [-0.39, 0.29) is 24.2 Å². The van der Waals surface area contributed by atoms with Crippen molar-refractivity contribution in [1.29, 1.82) is 0 Å². The number of rotatable bonds is 5. The van der Waals surface area contributed by atoms with E-state index in [4.69, 9.17) is 11.5 Å². The van der Waals surface area contributed by atoms with Gasteiger partial charge < -0.3 is 16.6 Å². The van der Waals surface area contributed by atoms with E-state index < -0.39 is 0 Å². The summed E-state index contributed by atoms with van der Waals surface area (Å²) in [5, 5.41) is 9.58. The van der Waals surface area contributed by atoms with Gasteiger partial charge in [-0.1, -0.05) is 6.42 Å². The summed E-state index contributed by atoms with van der Waals surface area (Å²) in [5.74, 6) is 0.206. The molecular formula is C11H17Br2ClN2O. The Morgan fingerprint density at radius 2 is 1.71 bits per heavy atom. The summed E-state index contributed by atoms with van der Waals surface area (Å²) in [7, 11) is 0. The van der Waals surface area contributed by atoms with Crippen LogP contribution in [-0.4, -0.2) is 11.7 Å². The Kier molecular flexibility index (Phi) is 8.41. The van der Waals surface area contributed by atoms with Crippen LogP contribution in [0.4, 0.5) is 0 Å². The Labute approximate surface area is 125 Å². The fraction of sp³-hybridized carbons (Fsp3) is 0.455. The number of phenols is 1. The highest BCUT2D eigenvalue weighted by molar-refractivity contribution is 9.11. The molecule has 6 heteroatoms. The second kappa shape index (κ2) is 8.32. The summed E-state index contributed by atoms with van der Waals surface area (Å²) >= 11 is 6.58. The zero-order valence-electron chi connectivity index (χ0n) is 9.33. The van der Waals surface area contributed by atoms with Gasteiger partial charge in [0.15, 0.2) is 0 Å². The summed E-state index contributed by atoms with van der Waals surface area (Å²) in [6.07, 6.45) is 2.92. The first-order chi connectivity index (χ1) is 7.56. The smallest absolute Gasteiger partial charge is 0.143 e. The van der Waals surface area contributed by atoms with Crippen molar-refractivity contribution in [3.8, 4) is 5.75 Å². The molecule has 1 atom stereocenters. The molecule has 0 fully saturated rings. The molecule has 0 spiro atoms. The van der Waals surface area contributed by atoms with Crippen LogP contribution in [0.2, 0.25) is 0 Å². The van der Waals surface area contributed by atoms with Crippen molar-refractivity contribution < 1.29 is 5.11 Å². The second-order valence-electron chi connectivity index (χ2n) is 3.72. The van der Waals surface area contributed by atoms with Crippen molar-refractivity contribution in [3.63, 3.8) is 0 Å². The average molecular weight is 389 g/mol. The first kappa shape index (κ1) is 17.2. The van der Waals surface area contributed by atoms with Crippen LogP contribution in [0.25, 0.3) is 0 Å². The van der Waals surface area contributed by atoms with Crippen molar-refractivity contribution >= 4 is 44.3 Å². The zero-order valence-corrected chi connectivity index (χ0v) is 13.3. The lowest BCUT2D eigenvalue weighted by atomic mass is 10.0. The highest BCUT2D eigenvalue weighted by Crippen LogP contribution is 2.35. The number of phenolic OH excluding ortho intramolecular Hbond substituents is 1. The van der Waals surface area contributed by atoms with Crippen LogP contribution in [0, 0.1) is 0 Å². The van der Waals surface area contributed by atoms with E-state index in [9.17, 15) is 5.11 Å². The molecule has 0 bridgehead atoms. The molecule has 0 radical (unpaired) electrons. The second-order valence-corrected chi connectivity index (χ2v) is 5.43.